The van der Waals surface area contributed by atoms with Crippen molar-refractivity contribution >= 4 is 17.8 Å². The number of aromatic nitrogens is 1. The maximum absolute atomic E-state index is 12.2. The van der Waals surface area contributed by atoms with Crippen molar-refractivity contribution in [2.24, 2.45) is 0 Å². The summed E-state index contributed by atoms with van der Waals surface area (Å²) in [6, 6.07) is 8.78. The number of hydrazine groups is 1. The van der Waals surface area contributed by atoms with Gasteiger partial charge in [-0.1, -0.05) is 18.2 Å². The van der Waals surface area contributed by atoms with Crippen LogP contribution in [0, 0.1) is 20.8 Å². The first-order valence-electron chi connectivity index (χ1n) is 8.33. The first kappa shape index (κ1) is 19.2. The predicted molar refractivity (Wildman–Crippen MR) is 96.7 cm³/mol. The molecule has 2 amide bonds. The number of carbonyl (C=O) groups excluding carboxylic acids is 3. The lowest BCUT2D eigenvalue weighted by Gasteiger charge is -2.12. The Morgan fingerprint density at radius 2 is 1.73 bits per heavy atom. The molecule has 0 spiro atoms. The molecule has 1 aromatic heterocycles. The summed E-state index contributed by atoms with van der Waals surface area (Å²) in [5.41, 5.74) is 7.94. The lowest BCUT2D eigenvalue weighted by molar-refractivity contribution is -0.122. The fourth-order valence-corrected chi connectivity index (χ4v) is 2.66. The van der Waals surface area contributed by atoms with E-state index >= 15 is 0 Å². The third kappa shape index (κ3) is 4.30. The number of nitrogens with one attached hydrogen (secondary N) is 2. The third-order valence-electron chi connectivity index (χ3n) is 4.08. The van der Waals surface area contributed by atoms with E-state index in [-0.39, 0.29) is 19.1 Å². The number of rotatable bonds is 5. The molecule has 0 atom stereocenters. The monoisotopic (exact) mass is 357 g/mol. The smallest absolute Gasteiger partial charge is 0.339 e. The molecule has 2 N–H and O–H groups in total. The van der Waals surface area contributed by atoms with Gasteiger partial charge in [-0.3, -0.25) is 20.4 Å². The Bertz CT molecular complexity index is 839. The molecule has 0 aliphatic heterocycles. The van der Waals surface area contributed by atoms with Gasteiger partial charge in [0, 0.05) is 17.0 Å². The summed E-state index contributed by atoms with van der Waals surface area (Å²) in [5.74, 6) is -1.20. The molecule has 2 rings (SSSR count). The molecule has 7 heteroatoms. The zero-order valence-electron chi connectivity index (χ0n) is 15.4. The van der Waals surface area contributed by atoms with E-state index in [9.17, 15) is 14.4 Å². The molecule has 1 aromatic carbocycles. The summed E-state index contributed by atoms with van der Waals surface area (Å²) < 4.78 is 6.71. The molecule has 26 heavy (non-hydrogen) atoms. The molecule has 138 valence electrons. The van der Waals surface area contributed by atoms with Gasteiger partial charge in [-0.05, 0) is 45.4 Å². The van der Waals surface area contributed by atoms with Crippen molar-refractivity contribution in [3.05, 3.63) is 58.4 Å². The van der Waals surface area contributed by atoms with Gasteiger partial charge in [-0.15, -0.1) is 0 Å². The van der Waals surface area contributed by atoms with Crippen molar-refractivity contribution in [3.63, 3.8) is 0 Å². The average molecular weight is 357 g/mol. The Kier molecular flexibility index (Phi) is 6.16. The van der Waals surface area contributed by atoms with Crippen molar-refractivity contribution < 1.29 is 19.1 Å². The van der Waals surface area contributed by atoms with Gasteiger partial charge in [-0.25, -0.2) is 4.79 Å². The second kappa shape index (κ2) is 8.33. The van der Waals surface area contributed by atoms with Gasteiger partial charge >= 0.3 is 5.97 Å². The van der Waals surface area contributed by atoms with E-state index in [2.05, 4.69) is 10.9 Å². The second-order valence-corrected chi connectivity index (χ2v) is 5.91. The molecule has 0 unspecified atom stereocenters. The summed E-state index contributed by atoms with van der Waals surface area (Å²) in [7, 11) is 0. The topological polar surface area (TPSA) is 89.4 Å². The van der Waals surface area contributed by atoms with Crippen molar-refractivity contribution in [1.29, 1.82) is 0 Å². The quantitative estimate of drug-likeness (QED) is 0.633. The number of aryl methyl sites for hydroxylation is 2. The van der Waals surface area contributed by atoms with Crippen LogP contribution in [0.4, 0.5) is 0 Å². The molecule has 0 bridgehead atoms. The van der Waals surface area contributed by atoms with Gasteiger partial charge in [0.1, 0.15) is 6.54 Å². The Morgan fingerprint density at radius 3 is 2.38 bits per heavy atom. The Morgan fingerprint density at radius 1 is 1.04 bits per heavy atom. The highest BCUT2D eigenvalue weighted by atomic mass is 16.5. The van der Waals surface area contributed by atoms with Crippen LogP contribution in [0.5, 0.6) is 0 Å². The number of ether oxygens (including phenoxy) is 1. The molecule has 0 aliphatic rings. The normalized spacial score (nSPS) is 10.3. The highest BCUT2D eigenvalue weighted by Gasteiger charge is 2.18. The van der Waals surface area contributed by atoms with E-state index in [4.69, 9.17) is 4.74 Å². The Balaban J connectivity index is 2.01. The Hall–Kier alpha value is -3.09. The zero-order valence-corrected chi connectivity index (χ0v) is 15.4. The lowest BCUT2D eigenvalue weighted by Crippen LogP contribution is -2.43. The van der Waals surface area contributed by atoms with Crippen LogP contribution in [-0.4, -0.2) is 29.0 Å². The van der Waals surface area contributed by atoms with Crippen molar-refractivity contribution in [2.45, 2.75) is 34.2 Å². The minimum atomic E-state index is -0.417. The number of esters is 1. The first-order valence-corrected chi connectivity index (χ1v) is 8.33. The van der Waals surface area contributed by atoms with E-state index in [0.29, 0.717) is 16.8 Å². The number of hydrogen-bond donors (Lipinski definition) is 2. The molecular weight excluding hydrogens is 334 g/mol. The van der Waals surface area contributed by atoms with Crippen molar-refractivity contribution in [2.75, 3.05) is 6.61 Å². The number of hydrogen-bond acceptors (Lipinski definition) is 4. The molecule has 2 aromatic rings. The fourth-order valence-electron chi connectivity index (χ4n) is 2.66. The van der Waals surface area contributed by atoms with E-state index in [0.717, 1.165) is 11.3 Å². The van der Waals surface area contributed by atoms with E-state index in [1.165, 1.54) is 0 Å². The van der Waals surface area contributed by atoms with Gasteiger partial charge in [0.25, 0.3) is 11.8 Å². The van der Waals surface area contributed by atoms with Gasteiger partial charge in [-0.2, -0.15) is 0 Å². The van der Waals surface area contributed by atoms with Gasteiger partial charge < -0.3 is 9.30 Å². The SMILES string of the molecule is CCOC(=O)c1cc(C)n(CC(=O)NNC(=O)c2ccccc2C)c1C. The van der Waals surface area contributed by atoms with E-state index in [1.54, 1.807) is 43.5 Å². The molecule has 0 saturated carbocycles. The summed E-state index contributed by atoms with van der Waals surface area (Å²) in [6.45, 7) is 7.37. The minimum absolute atomic E-state index is 0.0227. The molecule has 0 radical (unpaired) electrons. The summed E-state index contributed by atoms with van der Waals surface area (Å²) in [4.78, 5) is 36.2. The minimum Gasteiger partial charge on any atom is -0.462 e. The van der Waals surface area contributed by atoms with Crippen LogP contribution in [0.2, 0.25) is 0 Å². The number of amides is 2. The van der Waals surface area contributed by atoms with Crippen molar-refractivity contribution in [3.8, 4) is 0 Å². The molecular formula is C19H23N3O4. The van der Waals surface area contributed by atoms with Crippen LogP contribution in [0.3, 0.4) is 0 Å². The average Bonchev–Trinajstić information content (AvgIpc) is 2.88. The standard InChI is InChI=1S/C19H23N3O4/c1-5-26-19(25)16-10-13(3)22(14(16)4)11-17(23)20-21-18(24)15-9-7-6-8-12(15)2/h6-10H,5,11H2,1-4H3,(H,20,23)(H,21,24). The van der Waals surface area contributed by atoms with E-state index < -0.39 is 11.9 Å². The summed E-state index contributed by atoms with van der Waals surface area (Å²) in [6.07, 6.45) is 0. The highest BCUT2D eigenvalue weighted by Crippen LogP contribution is 2.16. The summed E-state index contributed by atoms with van der Waals surface area (Å²) >= 11 is 0. The zero-order chi connectivity index (χ0) is 19.3. The maximum atomic E-state index is 12.2. The fraction of sp³-hybridized carbons (Fsp3) is 0.316. The van der Waals surface area contributed by atoms with Crippen LogP contribution < -0.4 is 10.9 Å². The van der Waals surface area contributed by atoms with Crippen LogP contribution in [-0.2, 0) is 16.1 Å². The molecule has 0 saturated heterocycles. The predicted octanol–water partition coefficient (Wildman–Crippen LogP) is 2.05. The largest absolute Gasteiger partial charge is 0.462 e. The molecule has 0 aliphatic carbocycles. The van der Waals surface area contributed by atoms with Crippen LogP contribution in [0.1, 0.15) is 44.6 Å². The van der Waals surface area contributed by atoms with Crippen LogP contribution in [0.15, 0.2) is 30.3 Å². The third-order valence-corrected chi connectivity index (χ3v) is 4.08. The molecule has 7 nitrogen and oxygen atoms in total. The van der Waals surface area contributed by atoms with Gasteiger partial charge in [0.15, 0.2) is 0 Å². The van der Waals surface area contributed by atoms with Crippen LogP contribution in [0.25, 0.3) is 0 Å². The first-order chi connectivity index (χ1) is 12.3. The highest BCUT2D eigenvalue weighted by molar-refractivity contribution is 5.96. The molecule has 1 heterocycles. The lowest BCUT2D eigenvalue weighted by atomic mass is 10.1. The molecule has 0 fully saturated rings. The van der Waals surface area contributed by atoms with Crippen LogP contribution >= 0.6 is 0 Å². The van der Waals surface area contributed by atoms with E-state index in [1.807, 2.05) is 19.1 Å². The summed E-state index contributed by atoms with van der Waals surface area (Å²) in [5, 5.41) is 0. The maximum Gasteiger partial charge on any atom is 0.339 e. The van der Waals surface area contributed by atoms with Gasteiger partial charge in [0.05, 0.1) is 12.2 Å². The van der Waals surface area contributed by atoms with Gasteiger partial charge in [0.2, 0.25) is 0 Å². The van der Waals surface area contributed by atoms with Crippen molar-refractivity contribution in [1.82, 2.24) is 15.4 Å². The second-order valence-electron chi connectivity index (χ2n) is 5.91. The number of benzene rings is 1. The number of carbonyl (C=O) groups is 3. The Labute approximate surface area is 152 Å². The number of nitrogens with zero attached hydrogens (tertiary/aromatic N) is 1.